The molecule has 18 heavy (non-hydrogen) atoms. The molecule has 96 valence electrons. The fourth-order valence-corrected chi connectivity index (χ4v) is 1.82. The van der Waals surface area contributed by atoms with E-state index in [1.54, 1.807) is 10.7 Å². The number of hydrogen-bond acceptors (Lipinski definition) is 4. The van der Waals surface area contributed by atoms with Crippen LogP contribution in [0.25, 0.3) is 11.4 Å². The lowest BCUT2D eigenvalue weighted by atomic mass is 10.0. The van der Waals surface area contributed by atoms with Crippen LogP contribution in [0.1, 0.15) is 27.2 Å². The van der Waals surface area contributed by atoms with Crippen LogP contribution in [0.15, 0.2) is 18.2 Å². The Labute approximate surface area is 111 Å². The highest BCUT2D eigenvalue weighted by atomic mass is 35.5. The summed E-state index contributed by atoms with van der Waals surface area (Å²) in [6.07, 6.45) is 0.908. The number of hydrogen-bond donors (Lipinski definition) is 1. The average Bonchev–Trinajstić information content (AvgIpc) is 2.82. The number of halogens is 1. The normalized spacial score (nSPS) is 11.8. The Bertz CT molecular complexity index is 561. The standard InChI is InChI=1S/C12H16ClN5/c1-4-12(2,3)18-11(15-16-17-18)8-6-5-7-9(13)10(8)14/h5-7H,4,14H2,1-3H3. The SMILES string of the molecule is CCC(C)(C)n1nnnc1-c1cccc(Cl)c1N. The smallest absolute Gasteiger partial charge is 0.184 e. The summed E-state index contributed by atoms with van der Waals surface area (Å²) in [5.74, 6) is 0.641. The number of nitrogens with zero attached hydrogens (tertiary/aromatic N) is 4. The van der Waals surface area contributed by atoms with Crippen molar-refractivity contribution in [1.82, 2.24) is 20.2 Å². The van der Waals surface area contributed by atoms with Gasteiger partial charge in [-0.3, -0.25) is 0 Å². The molecule has 0 amide bonds. The Morgan fingerprint density at radius 1 is 1.39 bits per heavy atom. The van der Waals surface area contributed by atoms with Crippen molar-refractivity contribution >= 4 is 17.3 Å². The molecule has 0 aliphatic rings. The zero-order valence-electron chi connectivity index (χ0n) is 10.7. The van der Waals surface area contributed by atoms with Crippen LogP contribution in [-0.4, -0.2) is 20.2 Å². The molecule has 1 aromatic heterocycles. The molecule has 6 heteroatoms. The van der Waals surface area contributed by atoms with E-state index in [0.29, 0.717) is 16.5 Å². The monoisotopic (exact) mass is 265 g/mol. The van der Waals surface area contributed by atoms with Gasteiger partial charge in [-0.15, -0.1) is 5.10 Å². The fourth-order valence-electron chi connectivity index (χ4n) is 1.64. The van der Waals surface area contributed by atoms with E-state index in [1.165, 1.54) is 0 Å². The van der Waals surface area contributed by atoms with E-state index in [-0.39, 0.29) is 5.54 Å². The minimum atomic E-state index is -0.173. The van der Waals surface area contributed by atoms with Crippen molar-refractivity contribution in [2.24, 2.45) is 0 Å². The van der Waals surface area contributed by atoms with Gasteiger partial charge in [-0.2, -0.15) is 0 Å². The van der Waals surface area contributed by atoms with Gasteiger partial charge in [0, 0.05) is 5.56 Å². The van der Waals surface area contributed by atoms with Gasteiger partial charge >= 0.3 is 0 Å². The van der Waals surface area contributed by atoms with E-state index in [9.17, 15) is 0 Å². The lowest BCUT2D eigenvalue weighted by molar-refractivity contribution is 0.305. The zero-order chi connectivity index (χ0) is 13.3. The Balaban J connectivity index is 2.60. The number of nitrogens with two attached hydrogens (primary N) is 1. The number of tetrazole rings is 1. The maximum Gasteiger partial charge on any atom is 0.184 e. The fraction of sp³-hybridized carbons (Fsp3) is 0.417. The summed E-state index contributed by atoms with van der Waals surface area (Å²) in [4.78, 5) is 0. The molecule has 5 nitrogen and oxygen atoms in total. The molecule has 0 spiro atoms. The van der Waals surface area contributed by atoms with Gasteiger partial charge in [-0.1, -0.05) is 24.6 Å². The predicted molar refractivity (Wildman–Crippen MR) is 72.3 cm³/mol. The van der Waals surface area contributed by atoms with Crippen LogP contribution in [0.2, 0.25) is 5.02 Å². The summed E-state index contributed by atoms with van der Waals surface area (Å²) < 4.78 is 1.79. The molecule has 1 heterocycles. The number of rotatable bonds is 3. The summed E-state index contributed by atoms with van der Waals surface area (Å²) >= 11 is 6.03. The van der Waals surface area contributed by atoms with Gasteiger partial charge in [0.25, 0.3) is 0 Å². The first-order valence-electron chi connectivity index (χ1n) is 5.80. The van der Waals surface area contributed by atoms with Crippen LogP contribution in [-0.2, 0) is 5.54 Å². The lowest BCUT2D eigenvalue weighted by Gasteiger charge is -2.24. The molecule has 0 bridgehead atoms. The third-order valence-electron chi connectivity index (χ3n) is 3.20. The summed E-state index contributed by atoms with van der Waals surface area (Å²) in [5, 5.41) is 12.4. The molecular weight excluding hydrogens is 250 g/mol. The highest BCUT2D eigenvalue weighted by Crippen LogP contribution is 2.32. The van der Waals surface area contributed by atoms with E-state index in [0.717, 1.165) is 12.0 Å². The van der Waals surface area contributed by atoms with E-state index >= 15 is 0 Å². The summed E-state index contributed by atoms with van der Waals surface area (Å²) in [6, 6.07) is 5.46. The predicted octanol–water partition coefficient (Wildman–Crippen LogP) is 2.72. The first-order valence-corrected chi connectivity index (χ1v) is 6.18. The van der Waals surface area contributed by atoms with Crippen LogP contribution < -0.4 is 5.73 Å². The number of anilines is 1. The van der Waals surface area contributed by atoms with Crippen LogP contribution in [0.4, 0.5) is 5.69 Å². The molecular formula is C12H16ClN5. The topological polar surface area (TPSA) is 69.6 Å². The van der Waals surface area contributed by atoms with Crippen LogP contribution in [0.5, 0.6) is 0 Å². The van der Waals surface area contributed by atoms with Crippen LogP contribution >= 0.6 is 11.6 Å². The van der Waals surface area contributed by atoms with Gasteiger partial charge in [-0.25, -0.2) is 4.68 Å². The molecule has 2 rings (SSSR count). The number of aromatic nitrogens is 4. The van der Waals surface area contributed by atoms with Gasteiger partial charge in [-0.05, 0) is 42.8 Å². The molecule has 0 unspecified atom stereocenters. The number of benzene rings is 1. The van der Waals surface area contributed by atoms with Crippen molar-refractivity contribution in [1.29, 1.82) is 0 Å². The van der Waals surface area contributed by atoms with Gasteiger partial charge in [0.2, 0.25) is 0 Å². The largest absolute Gasteiger partial charge is 0.397 e. The van der Waals surface area contributed by atoms with Crippen molar-refractivity contribution in [3.63, 3.8) is 0 Å². The Morgan fingerprint density at radius 2 is 2.11 bits per heavy atom. The van der Waals surface area contributed by atoms with E-state index < -0.39 is 0 Å². The maximum atomic E-state index is 6.03. The molecule has 2 N–H and O–H groups in total. The van der Waals surface area contributed by atoms with Crippen molar-refractivity contribution in [2.75, 3.05) is 5.73 Å². The summed E-state index contributed by atoms with van der Waals surface area (Å²) in [5.41, 5.74) is 7.07. The van der Waals surface area contributed by atoms with Crippen molar-refractivity contribution in [3.8, 4) is 11.4 Å². The molecule has 0 fully saturated rings. The van der Waals surface area contributed by atoms with Gasteiger partial charge < -0.3 is 5.73 Å². The van der Waals surface area contributed by atoms with Crippen LogP contribution in [0.3, 0.4) is 0 Å². The van der Waals surface area contributed by atoms with E-state index in [1.807, 2.05) is 12.1 Å². The van der Waals surface area contributed by atoms with Gasteiger partial charge in [0.15, 0.2) is 5.82 Å². The third kappa shape index (κ3) is 2.06. The molecule has 0 saturated carbocycles. The minimum absolute atomic E-state index is 0.173. The first-order chi connectivity index (χ1) is 8.47. The average molecular weight is 266 g/mol. The zero-order valence-corrected chi connectivity index (χ0v) is 11.4. The third-order valence-corrected chi connectivity index (χ3v) is 3.53. The van der Waals surface area contributed by atoms with Gasteiger partial charge in [0.05, 0.1) is 16.2 Å². The van der Waals surface area contributed by atoms with Crippen LogP contribution in [0, 0.1) is 0 Å². The van der Waals surface area contributed by atoms with Crippen molar-refractivity contribution < 1.29 is 0 Å². The Hall–Kier alpha value is -1.62. The molecule has 0 saturated heterocycles. The second-order valence-electron chi connectivity index (χ2n) is 4.78. The molecule has 1 aromatic carbocycles. The second-order valence-corrected chi connectivity index (χ2v) is 5.19. The minimum Gasteiger partial charge on any atom is -0.397 e. The second kappa shape index (κ2) is 4.57. The Kier molecular flexibility index (Phi) is 3.26. The maximum absolute atomic E-state index is 6.03. The number of nitrogen functional groups attached to an aromatic ring is 1. The first kappa shape index (κ1) is 12.8. The Morgan fingerprint density at radius 3 is 2.78 bits per heavy atom. The summed E-state index contributed by atoms with van der Waals surface area (Å²) in [7, 11) is 0. The van der Waals surface area contributed by atoms with Crippen molar-refractivity contribution in [3.05, 3.63) is 23.2 Å². The quantitative estimate of drug-likeness (QED) is 0.867. The molecule has 0 atom stereocenters. The molecule has 0 aliphatic heterocycles. The molecule has 2 aromatic rings. The highest BCUT2D eigenvalue weighted by Gasteiger charge is 2.25. The molecule has 0 radical (unpaired) electrons. The van der Waals surface area contributed by atoms with E-state index in [2.05, 4.69) is 36.3 Å². The van der Waals surface area contributed by atoms with Gasteiger partial charge in [0.1, 0.15) is 0 Å². The lowest BCUT2D eigenvalue weighted by Crippen LogP contribution is -2.27. The van der Waals surface area contributed by atoms with E-state index in [4.69, 9.17) is 17.3 Å². The number of para-hydroxylation sites is 1. The highest BCUT2D eigenvalue weighted by molar-refractivity contribution is 6.33. The van der Waals surface area contributed by atoms with Crippen molar-refractivity contribution in [2.45, 2.75) is 32.7 Å². The summed E-state index contributed by atoms with van der Waals surface area (Å²) in [6.45, 7) is 6.24. The molecule has 0 aliphatic carbocycles.